The number of nitrogens with one attached hydrogen (secondary N) is 1. The molecule has 0 spiro atoms. The molecule has 0 radical (unpaired) electrons. The van der Waals surface area contributed by atoms with Crippen molar-refractivity contribution in [1.82, 2.24) is 15.2 Å². The van der Waals surface area contributed by atoms with Gasteiger partial charge in [0.15, 0.2) is 6.10 Å². The first-order valence-corrected chi connectivity index (χ1v) is 8.22. The highest BCUT2D eigenvalue weighted by Crippen LogP contribution is 2.31. The molecule has 1 aliphatic heterocycles. The number of nitrogens with zero attached hydrogens (tertiary/aromatic N) is 4. The average molecular weight is 366 g/mol. The van der Waals surface area contributed by atoms with E-state index in [0.717, 1.165) is 5.56 Å². The summed E-state index contributed by atoms with van der Waals surface area (Å²) >= 11 is 0. The van der Waals surface area contributed by atoms with Gasteiger partial charge < -0.3 is 15.9 Å². The molecule has 9 heteroatoms. The van der Waals surface area contributed by atoms with Gasteiger partial charge in [0.1, 0.15) is 17.3 Å². The van der Waals surface area contributed by atoms with Crippen LogP contribution in [0.3, 0.4) is 0 Å². The molecule has 2 heterocycles. The minimum absolute atomic E-state index is 0.280. The van der Waals surface area contributed by atoms with E-state index >= 15 is 0 Å². The first-order valence-electron chi connectivity index (χ1n) is 8.22. The van der Waals surface area contributed by atoms with E-state index in [4.69, 9.17) is 10.6 Å². The molecule has 0 saturated carbocycles. The van der Waals surface area contributed by atoms with Crippen molar-refractivity contribution in [3.63, 3.8) is 0 Å². The lowest BCUT2D eigenvalue weighted by molar-refractivity contribution is -0.116. The van der Waals surface area contributed by atoms with Gasteiger partial charge in [0.2, 0.25) is 11.7 Å². The standard InChI is InChI=1S/C18H15FN6O2/c19-11-4-1-3-10(7-11)8-21-14-9-22-24-18(23-14)15-12-5-2-6-13(17(20)26)16(12)27-25-15/h1-7,9,12,16H,8H2,(H2,20,26)(H,21,23,24). The number of rotatable bonds is 5. The summed E-state index contributed by atoms with van der Waals surface area (Å²) in [5.41, 5.74) is 6.96. The van der Waals surface area contributed by atoms with E-state index in [1.807, 2.05) is 6.08 Å². The summed E-state index contributed by atoms with van der Waals surface area (Å²) in [6.07, 6.45) is 6.06. The molecule has 2 atom stereocenters. The molecular formula is C18H15FN6O2. The second kappa shape index (κ2) is 6.94. The summed E-state index contributed by atoms with van der Waals surface area (Å²) in [5.74, 6) is -0.446. The number of nitrogens with two attached hydrogens (primary N) is 1. The van der Waals surface area contributed by atoms with E-state index in [0.29, 0.717) is 23.6 Å². The smallest absolute Gasteiger partial charge is 0.248 e. The lowest BCUT2D eigenvalue weighted by atomic mass is 9.87. The fourth-order valence-corrected chi connectivity index (χ4v) is 2.95. The molecule has 2 unspecified atom stereocenters. The second-order valence-electron chi connectivity index (χ2n) is 6.05. The zero-order valence-electron chi connectivity index (χ0n) is 14.0. The van der Waals surface area contributed by atoms with Crippen molar-refractivity contribution < 1.29 is 14.0 Å². The van der Waals surface area contributed by atoms with Crippen LogP contribution in [-0.2, 0) is 16.2 Å². The largest absolute Gasteiger partial charge is 0.386 e. The molecule has 27 heavy (non-hydrogen) atoms. The van der Waals surface area contributed by atoms with Gasteiger partial charge in [-0.15, -0.1) is 5.10 Å². The summed E-state index contributed by atoms with van der Waals surface area (Å²) in [7, 11) is 0. The fraction of sp³-hybridized carbons (Fsp3) is 0.167. The third-order valence-electron chi connectivity index (χ3n) is 4.24. The van der Waals surface area contributed by atoms with Crippen molar-refractivity contribution >= 4 is 17.4 Å². The zero-order valence-corrected chi connectivity index (χ0v) is 14.0. The first kappa shape index (κ1) is 16.8. The van der Waals surface area contributed by atoms with Gasteiger partial charge in [-0.3, -0.25) is 4.79 Å². The predicted molar refractivity (Wildman–Crippen MR) is 94.9 cm³/mol. The topological polar surface area (TPSA) is 115 Å². The average Bonchev–Trinajstić information content (AvgIpc) is 3.11. The van der Waals surface area contributed by atoms with Crippen LogP contribution in [-0.4, -0.2) is 32.9 Å². The maximum atomic E-state index is 13.3. The number of aromatic nitrogens is 3. The highest BCUT2D eigenvalue weighted by Gasteiger charge is 2.40. The molecule has 4 rings (SSSR count). The van der Waals surface area contributed by atoms with Crippen LogP contribution in [0.2, 0.25) is 0 Å². The molecule has 1 amide bonds. The molecule has 2 aromatic rings. The molecule has 1 aromatic carbocycles. The minimum Gasteiger partial charge on any atom is -0.386 e. The first-order chi connectivity index (χ1) is 13.1. The fourth-order valence-electron chi connectivity index (χ4n) is 2.95. The Labute approximate surface area is 153 Å². The Balaban J connectivity index is 1.51. The Kier molecular flexibility index (Phi) is 4.33. The van der Waals surface area contributed by atoms with Crippen LogP contribution < -0.4 is 11.1 Å². The van der Waals surface area contributed by atoms with Crippen LogP contribution in [0.1, 0.15) is 11.4 Å². The van der Waals surface area contributed by atoms with Crippen LogP contribution in [0.4, 0.5) is 10.2 Å². The Morgan fingerprint density at radius 1 is 1.37 bits per heavy atom. The summed E-state index contributed by atoms with van der Waals surface area (Å²) in [6.45, 7) is 0.374. The van der Waals surface area contributed by atoms with Crippen molar-refractivity contribution in [3.05, 3.63) is 71.5 Å². The quantitative estimate of drug-likeness (QED) is 0.825. The van der Waals surface area contributed by atoms with Crippen molar-refractivity contribution in [2.24, 2.45) is 16.8 Å². The normalized spacial score (nSPS) is 20.3. The van der Waals surface area contributed by atoms with Crippen LogP contribution in [0, 0.1) is 11.7 Å². The van der Waals surface area contributed by atoms with Gasteiger partial charge >= 0.3 is 0 Å². The van der Waals surface area contributed by atoms with E-state index in [1.165, 1.54) is 18.3 Å². The monoisotopic (exact) mass is 366 g/mol. The van der Waals surface area contributed by atoms with Gasteiger partial charge in [-0.05, 0) is 23.8 Å². The van der Waals surface area contributed by atoms with Gasteiger partial charge in [0.05, 0.1) is 17.7 Å². The highest BCUT2D eigenvalue weighted by atomic mass is 19.1. The number of hydrogen-bond donors (Lipinski definition) is 2. The van der Waals surface area contributed by atoms with Crippen LogP contribution in [0.15, 0.2) is 59.4 Å². The third-order valence-corrected chi connectivity index (χ3v) is 4.24. The number of carbonyl (C=O) groups excluding carboxylic acids is 1. The molecular weight excluding hydrogens is 351 g/mol. The highest BCUT2D eigenvalue weighted by molar-refractivity contribution is 6.04. The molecule has 0 saturated heterocycles. The second-order valence-corrected chi connectivity index (χ2v) is 6.05. The number of benzene rings is 1. The lowest BCUT2D eigenvalue weighted by Gasteiger charge is -2.19. The maximum absolute atomic E-state index is 13.3. The molecule has 8 nitrogen and oxygen atoms in total. The molecule has 1 aromatic heterocycles. The molecule has 2 aliphatic rings. The SMILES string of the molecule is NC(=O)C1=CC=CC2C(c3nncc(NCc4cccc(F)c4)n3)=NOC12. The predicted octanol–water partition coefficient (Wildman–Crippen LogP) is 1.32. The Morgan fingerprint density at radius 2 is 2.26 bits per heavy atom. The Bertz CT molecular complexity index is 987. The summed E-state index contributed by atoms with van der Waals surface area (Å²) in [4.78, 5) is 21.3. The van der Waals surface area contributed by atoms with Crippen LogP contribution >= 0.6 is 0 Å². The number of hydrogen-bond acceptors (Lipinski definition) is 7. The van der Waals surface area contributed by atoms with Crippen molar-refractivity contribution in [2.45, 2.75) is 12.6 Å². The van der Waals surface area contributed by atoms with Crippen LogP contribution in [0.5, 0.6) is 0 Å². The molecule has 3 N–H and O–H groups in total. The third kappa shape index (κ3) is 3.39. The van der Waals surface area contributed by atoms with Gasteiger partial charge in [-0.1, -0.05) is 29.4 Å². The lowest BCUT2D eigenvalue weighted by Crippen LogP contribution is -2.33. The van der Waals surface area contributed by atoms with E-state index < -0.39 is 12.0 Å². The van der Waals surface area contributed by atoms with Crippen LogP contribution in [0.25, 0.3) is 0 Å². The van der Waals surface area contributed by atoms with E-state index in [2.05, 4.69) is 25.7 Å². The number of fused-ring (bicyclic) bond motifs is 1. The number of oxime groups is 1. The van der Waals surface area contributed by atoms with Crippen molar-refractivity contribution in [1.29, 1.82) is 0 Å². The van der Waals surface area contributed by atoms with Crippen molar-refractivity contribution in [2.75, 3.05) is 5.32 Å². The molecule has 136 valence electrons. The Hall–Kier alpha value is -3.62. The number of primary amides is 1. The van der Waals surface area contributed by atoms with E-state index in [9.17, 15) is 9.18 Å². The number of anilines is 1. The summed E-state index contributed by atoms with van der Waals surface area (Å²) < 4.78 is 13.3. The summed E-state index contributed by atoms with van der Waals surface area (Å²) in [6, 6.07) is 6.26. The molecule has 1 aliphatic carbocycles. The number of allylic oxidation sites excluding steroid dienone is 2. The van der Waals surface area contributed by atoms with E-state index in [1.54, 1.807) is 24.3 Å². The zero-order chi connectivity index (χ0) is 18.8. The van der Waals surface area contributed by atoms with E-state index in [-0.39, 0.29) is 17.6 Å². The number of halogens is 1. The van der Waals surface area contributed by atoms with Gasteiger partial charge in [0.25, 0.3) is 0 Å². The van der Waals surface area contributed by atoms with Gasteiger partial charge in [-0.2, -0.15) is 5.10 Å². The molecule has 0 bridgehead atoms. The number of carbonyl (C=O) groups is 1. The number of amides is 1. The minimum atomic E-state index is -0.588. The van der Waals surface area contributed by atoms with Gasteiger partial charge in [-0.25, -0.2) is 9.37 Å². The summed E-state index contributed by atoms with van der Waals surface area (Å²) in [5, 5.41) is 15.0. The van der Waals surface area contributed by atoms with Gasteiger partial charge in [0, 0.05) is 6.54 Å². The van der Waals surface area contributed by atoms with Crippen molar-refractivity contribution in [3.8, 4) is 0 Å². The molecule has 0 fully saturated rings. The maximum Gasteiger partial charge on any atom is 0.248 e. The Morgan fingerprint density at radius 3 is 3.07 bits per heavy atom.